The van der Waals surface area contributed by atoms with Crippen molar-refractivity contribution >= 4 is 34.3 Å². The number of rotatable bonds is 2. The van der Waals surface area contributed by atoms with Gasteiger partial charge in [-0.3, -0.25) is 14.5 Å². The molecule has 0 aromatic carbocycles. The van der Waals surface area contributed by atoms with E-state index < -0.39 is 30.0 Å². The van der Waals surface area contributed by atoms with E-state index in [1.54, 1.807) is 0 Å². The van der Waals surface area contributed by atoms with Gasteiger partial charge in [-0.25, -0.2) is 4.39 Å². The molecule has 1 N–H and O–H groups in total. The number of hydrogen-bond donors (Lipinski definition) is 1. The molecule has 0 saturated carbocycles. The molecule has 5 nitrogen and oxygen atoms in total. The summed E-state index contributed by atoms with van der Waals surface area (Å²) in [6.45, 7) is 1.20. The molecule has 0 aromatic heterocycles. The van der Waals surface area contributed by atoms with Gasteiger partial charge in [0.25, 0.3) is 0 Å². The monoisotopic (exact) mass is 369 g/mol. The number of ether oxygens (including phenoxy) is 1. The highest BCUT2D eigenvalue weighted by Gasteiger charge is 2.56. The fourth-order valence-electron chi connectivity index (χ4n) is 2.10. The largest absolute Gasteiger partial charge is 0.387 e. The van der Waals surface area contributed by atoms with Crippen molar-refractivity contribution in [2.75, 3.05) is 4.43 Å². The van der Waals surface area contributed by atoms with Crippen LogP contribution in [0, 0.1) is 0 Å². The Hall–Kier alpha value is -0.540. The van der Waals surface area contributed by atoms with Gasteiger partial charge in [0.15, 0.2) is 17.7 Å². The first-order chi connectivity index (χ1) is 8.37. The molecule has 0 radical (unpaired) electrons. The van der Waals surface area contributed by atoms with Crippen molar-refractivity contribution in [3.05, 3.63) is 12.3 Å². The number of alkyl halides is 2. The predicted octanol–water partition coefficient (Wildman–Crippen LogP) is 0.550. The quantitative estimate of drug-likeness (QED) is 0.439. The Balaban J connectivity index is 2.26. The topological polar surface area (TPSA) is 66.8 Å². The number of halogens is 2. The van der Waals surface area contributed by atoms with Crippen LogP contribution in [0.15, 0.2) is 12.3 Å². The number of carbonyl (C=O) groups is 2. The van der Waals surface area contributed by atoms with Crippen molar-refractivity contribution < 1.29 is 23.8 Å². The number of carbonyl (C=O) groups excluding carboxylic acids is 2. The van der Waals surface area contributed by atoms with Gasteiger partial charge in [-0.1, -0.05) is 22.6 Å². The lowest BCUT2D eigenvalue weighted by Gasteiger charge is -2.33. The zero-order valence-electron chi connectivity index (χ0n) is 9.68. The molecule has 0 bridgehead atoms. The summed E-state index contributed by atoms with van der Waals surface area (Å²) in [6.07, 6.45) is -1.01. The van der Waals surface area contributed by atoms with E-state index in [9.17, 15) is 19.1 Å². The highest BCUT2D eigenvalue weighted by Crippen LogP contribution is 2.37. The van der Waals surface area contributed by atoms with Crippen LogP contribution < -0.4 is 0 Å². The molecule has 2 rings (SSSR count). The third kappa shape index (κ3) is 2.19. The van der Waals surface area contributed by atoms with Gasteiger partial charge in [0.05, 0.1) is 12.5 Å². The van der Waals surface area contributed by atoms with Crippen LogP contribution in [-0.4, -0.2) is 50.2 Å². The third-order valence-electron chi connectivity index (χ3n) is 3.16. The van der Waals surface area contributed by atoms with Gasteiger partial charge in [0.1, 0.15) is 6.10 Å². The number of hydrogen-bond acceptors (Lipinski definition) is 4. The fraction of sp³-hybridized carbons (Fsp3) is 0.636. The van der Waals surface area contributed by atoms with Gasteiger partial charge in [-0.05, 0) is 13.0 Å². The molecule has 2 aliphatic rings. The number of amides is 1. The van der Waals surface area contributed by atoms with E-state index in [0.717, 1.165) is 4.90 Å². The predicted molar refractivity (Wildman–Crippen MR) is 68.7 cm³/mol. The molecule has 0 unspecified atom stereocenters. The van der Waals surface area contributed by atoms with E-state index in [1.807, 2.05) is 22.6 Å². The Morgan fingerprint density at radius 1 is 1.67 bits per heavy atom. The molecule has 18 heavy (non-hydrogen) atoms. The first-order valence-electron chi connectivity index (χ1n) is 5.48. The average molecular weight is 369 g/mol. The Morgan fingerprint density at radius 3 is 2.83 bits per heavy atom. The summed E-state index contributed by atoms with van der Waals surface area (Å²) in [5, 5.41) is 9.82. The molecule has 7 heteroatoms. The highest BCUT2D eigenvalue weighted by atomic mass is 127. The second-order valence-corrected chi connectivity index (χ2v) is 5.42. The minimum atomic E-state index is -2.06. The number of aliphatic hydroxyl groups is 1. The van der Waals surface area contributed by atoms with Crippen LogP contribution in [0.2, 0.25) is 0 Å². The van der Waals surface area contributed by atoms with E-state index in [4.69, 9.17) is 4.74 Å². The van der Waals surface area contributed by atoms with Gasteiger partial charge in [-0.2, -0.15) is 0 Å². The second kappa shape index (κ2) is 4.86. The summed E-state index contributed by atoms with van der Waals surface area (Å²) in [5.41, 5.74) is -2.06. The summed E-state index contributed by atoms with van der Waals surface area (Å²) in [5.74, 6) is -0.835. The Morgan fingerprint density at radius 2 is 2.33 bits per heavy atom. The SMILES string of the molecule is C[C@@]1(F)[C@H](O)[C@@H](CI)O[C@H]1N1C=CC(=O)CC1=O. The van der Waals surface area contributed by atoms with E-state index >= 15 is 0 Å². The molecule has 0 aromatic rings. The van der Waals surface area contributed by atoms with Crippen molar-refractivity contribution in [3.8, 4) is 0 Å². The number of allylic oxidation sites excluding steroid dienone is 1. The highest BCUT2D eigenvalue weighted by molar-refractivity contribution is 14.1. The summed E-state index contributed by atoms with van der Waals surface area (Å²) in [4.78, 5) is 23.8. The van der Waals surface area contributed by atoms with Crippen molar-refractivity contribution in [1.82, 2.24) is 4.90 Å². The van der Waals surface area contributed by atoms with Crippen LogP contribution in [-0.2, 0) is 14.3 Å². The van der Waals surface area contributed by atoms with Crippen molar-refractivity contribution in [1.29, 1.82) is 0 Å². The lowest BCUT2D eigenvalue weighted by molar-refractivity contribution is -0.149. The minimum Gasteiger partial charge on any atom is -0.387 e. The average Bonchev–Trinajstić information content (AvgIpc) is 2.52. The maximum absolute atomic E-state index is 14.5. The molecule has 2 aliphatic heterocycles. The molecule has 4 atom stereocenters. The molecule has 100 valence electrons. The van der Waals surface area contributed by atoms with Crippen LogP contribution >= 0.6 is 22.6 Å². The van der Waals surface area contributed by atoms with Gasteiger partial charge < -0.3 is 9.84 Å². The molecule has 2 heterocycles. The fourth-order valence-corrected chi connectivity index (χ4v) is 2.78. The van der Waals surface area contributed by atoms with Gasteiger partial charge in [0, 0.05) is 10.6 Å². The van der Waals surface area contributed by atoms with Crippen LogP contribution in [0.4, 0.5) is 4.39 Å². The maximum Gasteiger partial charge on any atom is 0.236 e. The van der Waals surface area contributed by atoms with E-state index in [-0.39, 0.29) is 12.2 Å². The standard InChI is InChI=1S/C11H13FINO4/c1-11(12)9(17)7(5-13)18-10(11)14-3-2-6(15)4-8(14)16/h2-3,7,9-10,17H,4-5H2,1H3/t7-,9-,10-,11-/m1/s1. The van der Waals surface area contributed by atoms with Gasteiger partial charge in [0.2, 0.25) is 5.91 Å². The van der Waals surface area contributed by atoms with Gasteiger partial charge in [-0.15, -0.1) is 0 Å². The lowest BCUT2D eigenvalue weighted by Crippen LogP contribution is -2.51. The molecule has 1 amide bonds. The maximum atomic E-state index is 14.5. The van der Waals surface area contributed by atoms with Crippen LogP contribution in [0.3, 0.4) is 0 Å². The van der Waals surface area contributed by atoms with Crippen LogP contribution in [0.25, 0.3) is 0 Å². The molecule has 0 aliphatic carbocycles. The Kier molecular flexibility index (Phi) is 3.75. The summed E-state index contributed by atoms with van der Waals surface area (Å²) in [6, 6.07) is 0. The van der Waals surface area contributed by atoms with Gasteiger partial charge >= 0.3 is 0 Å². The Labute approximate surface area is 117 Å². The normalized spacial score (nSPS) is 40.7. The molecular weight excluding hydrogens is 356 g/mol. The summed E-state index contributed by atoms with van der Waals surface area (Å²) in [7, 11) is 0. The molecular formula is C11H13FINO4. The molecule has 1 saturated heterocycles. The third-order valence-corrected chi connectivity index (χ3v) is 4.02. The van der Waals surface area contributed by atoms with Crippen molar-refractivity contribution in [3.63, 3.8) is 0 Å². The molecule has 0 spiro atoms. The van der Waals surface area contributed by atoms with E-state index in [2.05, 4.69) is 0 Å². The lowest BCUT2D eigenvalue weighted by atomic mass is 9.98. The summed E-state index contributed by atoms with van der Waals surface area (Å²) < 4.78 is 20.3. The van der Waals surface area contributed by atoms with Crippen molar-refractivity contribution in [2.45, 2.75) is 37.4 Å². The van der Waals surface area contributed by atoms with Crippen LogP contribution in [0.5, 0.6) is 0 Å². The number of aliphatic hydroxyl groups excluding tert-OH is 1. The zero-order valence-corrected chi connectivity index (χ0v) is 11.8. The van der Waals surface area contributed by atoms with Crippen LogP contribution in [0.1, 0.15) is 13.3 Å². The number of nitrogens with zero attached hydrogens (tertiary/aromatic N) is 1. The second-order valence-electron chi connectivity index (χ2n) is 4.54. The van der Waals surface area contributed by atoms with E-state index in [0.29, 0.717) is 4.43 Å². The number of ketones is 1. The summed E-state index contributed by atoms with van der Waals surface area (Å²) >= 11 is 1.98. The zero-order chi connectivity index (χ0) is 13.5. The molecule has 1 fully saturated rings. The minimum absolute atomic E-state index is 0.294. The van der Waals surface area contributed by atoms with Crippen molar-refractivity contribution in [2.24, 2.45) is 0 Å². The first-order valence-corrected chi connectivity index (χ1v) is 7.01. The Bertz CT molecular complexity index is 412. The van der Waals surface area contributed by atoms with E-state index in [1.165, 1.54) is 19.2 Å². The first kappa shape index (κ1) is 13.9. The smallest absolute Gasteiger partial charge is 0.236 e.